The Balaban J connectivity index is 2.06. The standard InChI is InChI=1S/C11H16ClN3O/c1-11(2,16)8-3-4-15(7-8)10-13-5-9(12)6-14-10/h5-6,8,16H,3-4,7H2,1-2H3/t8-/m0/s1. The van der Waals surface area contributed by atoms with Crippen LogP contribution in [0, 0.1) is 5.92 Å². The van der Waals surface area contributed by atoms with Gasteiger partial charge in [-0.05, 0) is 20.3 Å². The van der Waals surface area contributed by atoms with Crippen LogP contribution in [0.25, 0.3) is 0 Å². The molecule has 0 amide bonds. The van der Waals surface area contributed by atoms with E-state index in [1.54, 1.807) is 12.4 Å². The van der Waals surface area contributed by atoms with Crippen molar-refractivity contribution in [2.75, 3.05) is 18.0 Å². The lowest BCUT2D eigenvalue weighted by Crippen LogP contribution is -2.33. The molecule has 1 atom stereocenters. The zero-order chi connectivity index (χ0) is 11.8. The lowest BCUT2D eigenvalue weighted by molar-refractivity contribution is 0.0263. The average molecular weight is 242 g/mol. The van der Waals surface area contributed by atoms with E-state index in [1.807, 2.05) is 13.8 Å². The van der Waals surface area contributed by atoms with Crippen molar-refractivity contribution in [2.24, 2.45) is 5.92 Å². The van der Waals surface area contributed by atoms with E-state index in [0.29, 0.717) is 11.0 Å². The fourth-order valence-electron chi connectivity index (χ4n) is 1.99. The second kappa shape index (κ2) is 4.18. The molecule has 0 spiro atoms. The van der Waals surface area contributed by atoms with Crippen LogP contribution in [-0.2, 0) is 0 Å². The van der Waals surface area contributed by atoms with E-state index in [0.717, 1.165) is 19.5 Å². The topological polar surface area (TPSA) is 49.2 Å². The summed E-state index contributed by atoms with van der Waals surface area (Å²) in [5.41, 5.74) is -0.638. The number of hydrogen-bond donors (Lipinski definition) is 1. The van der Waals surface area contributed by atoms with Crippen LogP contribution in [0.3, 0.4) is 0 Å². The molecular formula is C11H16ClN3O. The van der Waals surface area contributed by atoms with Gasteiger partial charge in [0.2, 0.25) is 5.95 Å². The smallest absolute Gasteiger partial charge is 0.225 e. The summed E-state index contributed by atoms with van der Waals surface area (Å²) < 4.78 is 0. The van der Waals surface area contributed by atoms with Crippen LogP contribution in [0.1, 0.15) is 20.3 Å². The molecule has 88 valence electrons. The van der Waals surface area contributed by atoms with Crippen molar-refractivity contribution < 1.29 is 5.11 Å². The van der Waals surface area contributed by atoms with Gasteiger partial charge in [-0.3, -0.25) is 0 Å². The molecule has 0 radical (unpaired) electrons. The predicted molar refractivity (Wildman–Crippen MR) is 63.7 cm³/mol. The van der Waals surface area contributed by atoms with Crippen LogP contribution in [0.4, 0.5) is 5.95 Å². The molecule has 4 nitrogen and oxygen atoms in total. The number of hydrogen-bond acceptors (Lipinski definition) is 4. The van der Waals surface area contributed by atoms with Gasteiger partial charge in [0.25, 0.3) is 0 Å². The highest BCUT2D eigenvalue weighted by Crippen LogP contribution is 2.28. The van der Waals surface area contributed by atoms with Crippen LogP contribution in [0.15, 0.2) is 12.4 Å². The summed E-state index contributed by atoms with van der Waals surface area (Å²) >= 11 is 5.74. The van der Waals surface area contributed by atoms with Gasteiger partial charge in [0.05, 0.1) is 23.0 Å². The molecule has 0 unspecified atom stereocenters. The second-order valence-corrected chi connectivity index (χ2v) is 5.22. The summed E-state index contributed by atoms with van der Waals surface area (Å²) in [6.45, 7) is 5.38. The summed E-state index contributed by atoms with van der Waals surface area (Å²) in [5, 5.41) is 10.5. The van der Waals surface area contributed by atoms with Gasteiger partial charge < -0.3 is 10.0 Å². The minimum Gasteiger partial charge on any atom is -0.390 e. The molecule has 0 aliphatic carbocycles. The number of aromatic nitrogens is 2. The monoisotopic (exact) mass is 241 g/mol. The van der Waals surface area contributed by atoms with E-state index in [9.17, 15) is 5.11 Å². The molecular weight excluding hydrogens is 226 g/mol. The fourth-order valence-corrected chi connectivity index (χ4v) is 2.08. The van der Waals surface area contributed by atoms with Gasteiger partial charge in [0.15, 0.2) is 0 Å². The van der Waals surface area contributed by atoms with Gasteiger partial charge in [-0.25, -0.2) is 9.97 Å². The van der Waals surface area contributed by atoms with E-state index in [2.05, 4.69) is 14.9 Å². The molecule has 5 heteroatoms. The highest BCUT2D eigenvalue weighted by atomic mass is 35.5. The van der Waals surface area contributed by atoms with Crippen molar-refractivity contribution in [3.63, 3.8) is 0 Å². The molecule has 1 aliphatic rings. The number of rotatable bonds is 2. The first kappa shape index (κ1) is 11.6. The first-order valence-electron chi connectivity index (χ1n) is 5.41. The quantitative estimate of drug-likeness (QED) is 0.857. The molecule has 1 N–H and O–H groups in total. The Morgan fingerprint density at radius 2 is 2.06 bits per heavy atom. The molecule has 1 aromatic heterocycles. The van der Waals surface area contributed by atoms with E-state index < -0.39 is 5.60 Å². The van der Waals surface area contributed by atoms with E-state index >= 15 is 0 Å². The fraction of sp³-hybridized carbons (Fsp3) is 0.636. The normalized spacial score (nSPS) is 21.5. The summed E-state index contributed by atoms with van der Waals surface area (Å²) in [4.78, 5) is 10.4. The Kier molecular flexibility index (Phi) is 3.04. The van der Waals surface area contributed by atoms with Crippen LogP contribution in [0.5, 0.6) is 0 Å². The van der Waals surface area contributed by atoms with E-state index in [-0.39, 0.29) is 5.92 Å². The lowest BCUT2D eigenvalue weighted by Gasteiger charge is -2.25. The number of anilines is 1. The molecule has 1 saturated heterocycles. The summed E-state index contributed by atoms with van der Waals surface area (Å²) in [5.74, 6) is 0.961. The van der Waals surface area contributed by atoms with Crippen molar-refractivity contribution in [3.05, 3.63) is 17.4 Å². The summed E-state index contributed by atoms with van der Waals surface area (Å²) in [7, 11) is 0. The molecule has 1 aromatic rings. The largest absolute Gasteiger partial charge is 0.390 e. The van der Waals surface area contributed by atoms with Gasteiger partial charge in [-0.2, -0.15) is 0 Å². The highest BCUT2D eigenvalue weighted by Gasteiger charge is 2.34. The molecule has 2 rings (SSSR count). The van der Waals surface area contributed by atoms with Gasteiger partial charge in [0, 0.05) is 19.0 Å². The first-order valence-corrected chi connectivity index (χ1v) is 5.79. The zero-order valence-corrected chi connectivity index (χ0v) is 10.3. The van der Waals surface area contributed by atoms with Crippen molar-refractivity contribution in [2.45, 2.75) is 25.9 Å². The Morgan fingerprint density at radius 1 is 1.44 bits per heavy atom. The number of halogens is 1. The molecule has 1 aliphatic heterocycles. The van der Waals surface area contributed by atoms with Crippen LogP contribution in [0.2, 0.25) is 5.02 Å². The Labute approximate surface area is 100 Å². The van der Waals surface area contributed by atoms with Gasteiger partial charge in [-0.15, -0.1) is 0 Å². The van der Waals surface area contributed by atoms with Crippen molar-refractivity contribution >= 4 is 17.5 Å². The molecule has 1 fully saturated rings. The Morgan fingerprint density at radius 3 is 2.56 bits per heavy atom. The third kappa shape index (κ3) is 2.44. The van der Waals surface area contributed by atoms with E-state index in [1.165, 1.54) is 0 Å². The minimum atomic E-state index is -0.638. The van der Waals surface area contributed by atoms with Gasteiger partial charge >= 0.3 is 0 Å². The van der Waals surface area contributed by atoms with Crippen molar-refractivity contribution in [1.29, 1.82) is 0 Å². The third-order valence-electron chi connectivity index (χ3n) is 3.08. The Bertz CT molecular complexity index is 360. The molecule has 0 bridgehead atoms. The predicted octanol–water partition coefficient (Wildman–Crippen LogP) is 1.73. The highest BCUT2D eigenvalue weighted by molar-refractivity contribution is 6.30. The molecule has 0 aromatic carbocycles. The maximum absolute atomic E-state index is 9.94. The number of aliphatic hydroxyl groups is 1. The summed E-state index contributed by atoms with van der Waals surface area (Å²) in [6, 6.07) is 0. The van der Waals surface area contributed by atoms with Gasteiger partial charge in [-0.1, -0.05) is 11.6 Å². The zero-order valence-electron chi connectivity index (χ0n) is 9.52. The SMILES string of the molecule is CC(C)(O)[C@H]1CCN(c2ncc(Cl)cn2)C1. The van der Waals surface area contributed by atoms with Crippen LogP contribution in [-0.4, -0.2) is 33.8 Å². The lowest BCUT2D eigenvalue weighted by atomic mass is 9.91. The molecule has 0 saturated carbocycles. The van der Waals surface area contributed by atoms with Crippen molar-refractivity contribution in [1.82, 2.24) is 9.97 Å². The summed E-state index contributed by atoms with van der Waals surface area (Å²) in [6.07, 6.45) is 4.16. The van der Waals surface area contributed by atoms with Gasteiger partial charge in [0.1, 0.15) is 0 Å². The van der Waals surface area contributed by atoms with Crippen molar-refractivity contribution in [3.8, 4) is 0 Å². The van der Waals surface area contributed by atoms with Crippen LogP contribution >= 0.6 is 11.6 Å². The number of nitrogens with zero attached hydrogens (tertiary/aromatic N) is 3. The molecule has 2 heterocycles. The first-order chi connectivity index (χ1) is 7.47. The average Bonchev–Trinajstić information content (AvgIpc) is 2.67. The van der Waals surface area contributed by atoms with E-state index in [4.69, 9.17) is 11.6 Å². The second-order valence-electron chi connectivity index (χ2n) is 4.79. The Hall–Kier alpha value is -0.870. The maximum Gasteiger partial charge on any atom is 0.225 e. The maximum atomic E-state index is 9.94. The minimum absolute atomic E-state index is 0.270. The third-order valence-corrected chi connectivity index (χ3v) is 3.27. The van der Waals surface area contributed by atoms with Crippen LogP contribution < -0.4 is 4.90 Å². The molecule has 16 heavy (non-hydrogen) atoms.